The van der Waals surface area contributed by atoms with Crippen molar-refractivity contribution in [1.29, 1.82) is 0 Å². The van der Waals surface area contributed by atoms with Crippen molar-refractivity contribution in [1.82, 2.24) is 4.98 Å². The van der Waals surface area contributed by atoms with Crippen molar-refractivity contribution in [2.45, 2.75) is 20.8 Å². The van der Waals surface area contributed by atoms with Crippen LogP contribution >= 0.6 is 15.9 Å². The SMILES string of the molecule is CC(C)(C)CNc1c(Br)c2ccccc2[nH]c1=O. The minimum Gasteiger partial charge on any atom is -0.379 e. The number of pyridine rings is 1. The van der Waals surface area contributed by atoms with Crippen molar-refractivity contribution in [3.63, 3.8) is 0 Å². The standard InChI is InChI=1S/C14H17BrN2O/c1-14(2,3)8-16-12-11(15)9-6-4-5-7-10(9)17-13(12)18/h4-7,16H,8H2,1-3H3,(H,17,18). The van der Waals surface area contributed by atoms with Gasteiger partial charge in [-0.3, -0.25) is 4.79 Å². The number of rotatable bonds is 2. The molecule has 1 aromatic carbocycles. The topological polar surface area (TPSA) is 44.9 Å². The largest absolute Gasteiger partial charge is 0.379 e. The van der Waals surface area contributed by atoms with Crippen LogP contribution in [-0.2, 0) is 0 Å². The summed E-state index contributed by atoms with van der Waals surface area (Å²) in [6.45, 7) is 7.13. The van der Waals surface area contributed by atoms with E-state index in [4.69, 9.17) is 0 Å². The van der Waals surface area contributed by atoms with E-state index in [1.807, 2.05) is 24.3 Å². The maximum Gasteiger partial charge on any atom is 0.272 e. The number of aromatic nitrogens is 1. The Morgan fingerprint density at radius 1 is 1.28 bits per heavy atom. The van der Waals surface area contributed by atoms with E-state index in [-0.39, 0.29) is 11.0 Å². The molecule has 1 heterocycles. The Hall–Kier alpha value is -1.29. The third-order valence-corrected chi connectivity index (χ3v) is 3.48. The fourth-order valence-electron chi connectivity index (χ4n) is 1.71. The van der Waals surface area contributed by atoms with Crippen LogP contribution in [-0.4, -0.2) is 11.5 Å². The van der Waals surface area contributed by atoms with Gasteiger partial charge in [-0.25, -0.2) is 0 Å². The molecule has 0 aliphatic rings. The van der Waals surface area contributed by atoms with Crippen LogP contribution in [0, 0.1) is 5.41 Å². The zero-order valence-electron chi connectivity index (χ0n) is 10.8. The minimum atomic E-state index is -0.0928. The first-order chi connectivity index (χ1) is 8.38. The van der Waals surface area contributed by atoms with Gasteiger partial charge in [-0.05, 0) is 27.4 Å². The Morgan fingerprint density at radius 2 is 1.94 bits per heavy atom. The van der Waals surface area contributed by atoms with Gasteiger partial charge in [0.1, 0.15) is 5.69 Å². The number of hydrogen-bond acceptors (Lipinski definition) is 2. The smallest absolute Gasteiger partial charge is 0.272 e. The molecule has 96 valence electrons. The second-order valence-corrected chi connectivity index (χ2v) is 6.40. The summed E-state index contributed by atoms with van der Waals surface area (Å²) < 4.78 is 0.825. The molecule has 0 spiro atoms. The Kier molecular flexibility index (Phi) is 3.48. The number of hydrogen-bond donors (Lipinski definition) is 2. The van der Waals surface area contributed by atoms with Gasteiger partial charge in [-0.2, -0.15) is 0 Å². The summed E-state index contributed by atoms with van der Waals surface area (Å²) in [5.41, 5.74) is 1.47. The highest BCUT2D eigenvalue weighted by molar-refractivity contribution is 9.10. The van der Waals surface area contributed by atoms with Crippen molar-refractivity contribution in [3.05, 3.63) is 39.1 Å². The third-order valence-electron chi connectivity index (χ3n) is 2.65. The molecule has 4 heteroatoms. The van der Waals surface area contributed by atoms with Crippen LogP contribution in [0.4, 0.5) is 5.69 Å². The van der Waals surface area contributed by atoms with Crippen LogP contribution in [0.5, 0.6) is 0 Å². The lowest BCUT2D eigenvalue weighted by molar-refractivity contribution is 0.443. The van der Waals surface area contributed by atoms with Crippen molar-refractivity contribution >= 4 is 32.5 Å². The highest BCUT2D eigenvalue weighted by Gasteiger charge is 2.14. The molecule has 0 unspecified atom stereocenters. The fraction of sp³-hybridized carbons (Fsp3) is 0.357. The summed E-state index contributed by atoms with van der Waals surface area (Å²) in [6.07, 6.45) is 0. The monoisotopic (exact) mass is 308 g/mol. The van der Waals surface area contributed by atoms with Gasteiger partial charge in [0.2, 0.25) is 0 Å². The maximum absolute atomic E-state index is 12.0. The van der Waals surface area contributed by atoms with Crippen LogP contribution in [0.25, 0.3) is 10.9 Å². The number of para-hydroxylation sites is 1. The van der Waals surface area contributed by atoms with Gasteiger partial charge < -0.3 is 10.3 Å². The van der Waals surface area contributed by atoms with Crippen LogP contribution in [0.1, 0.15) is 20.8 Å². The molecule has 0 amide bonds. The minimum absolute atomic E-state index is 0.0928. The van der Waals surface area contributed by atoms with Crippen molar-refractivity contribution in [3.8, 4) is 0 Å². The first kappa shape index (κ1) is 13.1. The van der Waals surface area contributed by atoms with E-state index in [0.29, 0.717) is 5.69 Å². The zero-order chi connectivity index (χ0) is 13.3. The predicted molar refractivity (Wildman–Crippen MR) is 80.2 cm³/mol. The van der Waals surface area contributed by atoms with Crippen LogP contribution < -0.4 is 10.9 Å². The highest BCUT2D eigenvalue weighted by atomic mass is 79.9. The molecule has 2 aromatic rings. The molecular formula is C14H17BrN2O. The summed E-state index contributed by atoms with van der Waals surface area (Å²) in [7, 11) is 0. The quantitative estimate of drug-likeness (QED) is 0.887. The van der Waals surface area contributed by atoms with E-state index in [9.17, 15) is 4.79 Å². The summed E-state index contributed by atoms with van der Waals surface area (Å²) in [6, 6.07) is 7.75. The molecule has 0 radical (unpaired) electrons. The first-order valence-corrected chi connectivity index (χ1v) is 6.72. The highest BCUT2D eigenvalue weighted by Crippen LogP contribution is 2.27. The fourth-order valence-corrected chi connectivity index (χ4v) is 2.38. The number of aromatic amines is 1. The van der Waals surface area contributed by atoms with Gasteiger partial charge in [0.05, 0.1) is 4.47 Å². The van der Waals surface area contributed by atoms with Gasteiger partial charge in [-0.1, -0.05) is 39.0 Å². The first-order valence-electron chi connectivity index (χ1n) is 5.93. The van der Waals surface area contributed by atoms with Crippen molar-refractivity contribution in [2.24, 2.45) is 5.41 Å². The van der Waals surface area contributed by atoms with E-state index < -0.39 is 0 Å². The molecule has 2 N–H and O–H groups in total. The average Bonchev–Trinajstić information content (AvgIpc) is 2.27. The van der Waals surface area contributed by atoms with Gasteiger partial charge in [0, 0.05) is 17.4 Å². The second kappa shape index (κ2) is 4.76. The van der Waals surface area contributed by atoms with E-state index in [0.717, 1.165) is 21.9 Å². The Labute approximate surface area is 115 Å². The molecule has 3 nitrogen and oxygen atoms in total. The van der Waals surface area contributed by atoms with Crippen molar-refractivity contribution < 1.29 is 0 Å². The van der Waals surface area contributed by atoms with Gasteiger partial charge in [0.15, 0.2) is 0 Å². The molecule has 0 aliphatic carbocycles. The van der Waals surface area contributed by atoms with Crippen LogP contribution in [0.3, 0.4) is 0 Å². The summed E-state index contributed by atoms with van der Waals surface area (Å²) in [5.74, 6) is 0. The lowest BCUT2D eigenvalue weighted by Gasteiger charge is -2.20. The molecule has 1 aromatic heterocycles. The molecule has 2 rings (SSSR count). The molecule has 0 saturated carbocycles. The van der Waals surface area contributed by atoms with Crippen molar-refractivity contribution in [2.75, 3.05) is 11.9 Å². The molecule has 18 heavy (non-hydrogen) atoms. The molecule has 0 atom stereocenters. The molecule has 0 bridgehead atoms. The van der Waals surface area contributed by atoms with E-state index in [2.05, 4.69) is 47.0 Å². The maximum atomic E-state index is 12.0. The molecule has 0 aliphatic heterocycles. The van der Waals surface area contributed by atoms with Crippen LogP contribution in [0.2, 0.25) is 0 Å². The van der Waals surface area contributed by atoms with E-state index in [1.165, 1.54) is 0 Å². The molecular weight excluding hydrogens is 292 g/mol. The number of fused-ring (bicyclic) bond motifs is 1. The zero-order valence-corrected chi connectivity index (χ0v) is 12.4. The predicted octanol–water partition coefficient (Wildman–Crippen LogP) is 3.75. The molecule has 0 fully saturated rings. The number of H-pyrrole nitrogens is 1. The second-order valence-electron chi connectivity index (χ2n) is 5.60. The van der Waals surface area contributed by atoms with Gasteiger partial charge >= 0.3 is 0 Å². The lowest BCUT2D eigenvalue weighted by Crippen LogP contribution is -2.23. The summed E-state index contributed by atoms with van der Waals surface area (Å²) in [5, 5.41) is 4.23. The van der Waals surface area contributed by atoms with E-state index >= 15 is 0 Å². The number of nitrogens with one attached hydrogen (secondary N) is 2. The average molecular weight is 309 g/mol. The lowest BCUT2D eigenvalue weighted by atomic mass is 9.97. The Morgan fingerprint density at radius 3 is 2.61 bits per heavy atom. The van der Waals surface area contributed by atoms with E-state index in [1.54, 1.807) is 0 Å². The molecule has 0 saturated heterocycles. The number of halogens is 1. The van der Waals surface area contributed by atoms with Crippen LogP contribution in [0.15, 0.2) is 33.5 Å². The number of anilines is 1. The van der Waals surface area contributed by atoms with Gasteiger partial charge in [0.25, 0.3) is 5.56 Å². The van der Waals surface area contributed by atoms with Gasteiger partial charge in [-0.15, -0.1) is 0 Å². The summed E-state index contributed by atoms with van der Waals surface area (Å²) in [4.78, 5) is 14.9. The number of benzene rings is 1. The summed E-state index contributed by atoms with van der Waals surface area (Å²) >= 11 is 3.52. The third kappa shape index (κ3) is 2.75. The normalized spacial score (nSPS) is 11.8. The Bertz CT molecular complexity index is 626. The Balaban J connectivity index is 2.48.